The highest BCUT2D eigenvalue weighted by Gasteiger charge is 2.19. The third kappa shape index (κ3) is 4.52. The average molecular weight is 492 g/mol. The second-order valence-corrected chi connectivity index (χ2v) is 9.25. The molecule has 34 heavy (non-hydrogen) atoms. The number of halogens is 1. The highest BCUT2D eigenvalue weighted by Crippen LogP contribution is 2.33. The minimum Gasteiger partial charge on any atom is -0.464 e. The van der Waals surface area contributed by atoms with Crippen molar-refractivity contribution in [3.63, 3.8) is 0 Å². The van der Waals surface area contributed by atoms with Gasteiger partial charge in [-0.3, -0.25) is 14.2 Å². The molecular formula is C25H18FN3O3S2. The first kappa shape index (κ1) is 22.1. The number of rotatable bonds is 7. The fraction of sp³-hybridized carbons (Fsp3) is 0.0800. The van der Waals surface area contributed by atoms with Gasteiger partial charge in [0.2, 0.25) is 5.91 Å². The maximum atomic E-state index is 13.7. The number of thiophene rings is 1. The zero-order valence-corrected chi connectivity index (χ0v) is 19.4. The largest absolute Gasteiger partial charge is 0.464 e. The summed E-state index contributed by atoms with van der Waals surface area (Å²) < 4.78 is 20.2. The summed E-state index contributed by atoms with van der Waals surface area (Å²) in [5, 5.41) is 5.63. The molecule has 0 spiro atoms. The van der Waals surface area contributed by atoms with Gasteiger partial charge in [-0.25, -0.2) is 9.37 Å². The van der Waals surface area contributed by atoms with Crippen molar-refractivity contribution in [2.45, 2.75) is 11.6 Å². The smallest absolute Gasteiger partial charge is 0.268 e. The minimum atomic E-state index is -0.363. The standard InChI is InChI=1S/C25H18FN3O3S2/c26-16-8-10-17(11-9-16)27-21(30)12-14-33-25-28-23-22(19(15-34-23)20-7-4-13-32-20)24(31)29(25)18-5-2-1-3-6-18/h1-11,13,15H,12,14H2,(H,27,30). The molecule has 170 valence electrons. The molecule has 1 N–H and O–H groups in total. The molecule has 0 atom stereocenters. The molecule has 3 heterocycles. The number of para-hydroxylation sites is 1. The van der Waals surface area contributed by atoms with E-state index < -0.39 is 0 Å². The van der Waals surface area contributed by atoms with Gasteiger partial charge in [-0.2, -0.15) is 0 Å². The van der Waals surface area contributed by atoms with Crippen LogP contribution in [0.25, 0.3) is 27.2 Å². The van der Waals surface area contributed by atoms with Crippen LogP contribution >= 0.6 is 23.1 Å². The first-order chi connectivity index (χ1) is 16.6. The first-order valence-electron chi connectivity index (χ1n) is 10.4. The first-order valence-corrected chi connectivity index (χ1v) is 12.3. The van der Waals surface area contributed by atoms with E-state index in [4.69, 9.17) is 9.40 Å². The molecule has 5 aromatic rings. The molecule has 5 rings (SSSR count). The van der Waals surface area contributed by atoms with E-state index in [9.17, 15) is 14.0 Å². The summed E-state index contributed by atoms with van der Waals surface area (Å²) in [6, 6.07) is 18.5. The average Bonchev–Trinajstić information content (AvgIpc) is 3.51. The normalized spacial score (nSPS) is 11.1. The third-order valence-electron chi connectivity index (χ3n) is 5.07. The van der Waals surface area contributed by atoms with Gasteiger partial charge in [0.15, 0.2) is 5.16 Å². The lowest BCUT2D eigenvalue weighted by atomic mass is 10.2. The van der Waals surface area contributed by atoms with Gasteiger partial charge in [0.05, 0.1) is 17.3 Å². The second kappa shape index (κ2) is 9.66. The SMILES string of the molecule is O=C(CCSc1nc2scc(-c3ccco3)c2c(=O)n1-c1ccccc1)Nc1ccc(F)cc1. The number of nitrogens with zero attached hydrogens (tertiary/aromatic N) is 2. The van der Waals surface area contributed by atoms with E-state index in [0.29, 0.717) is 43.8 Å². The Labute approximate surface area is 202 Å². The number of carbonyl (C=O) groups is 1. The van der Waals surface area contributed by atoms with Crippen molar-refractivity contribution in [2.75, 3.05) is 11.1 Å². The molecule has 0 radical (unpaired) electrons. The Balaban J connectivity index is 1.44. The molecule has 0 fully saturated rings. The summed E-state index contributed by atoms with van der Waals surface area (Å²) in [5.74, 6) is 0.458. The summed E-state index contributed by atoms with van der Waals surface area (Å²) in [4.78, 5) is 31.4. The molecule has 2 aromatic carbocycles. The lowest BCUT2D eigenvalue weighted by Crippen LogP contribution is -2.21. The quantitative estimate of drug-likeness (QED) is 0.224. The van der Waals surface area contributed by atoms with Gasteiger partial charge in [0.25, 0.3) is 5.56 Å². The summed E-state index contributed by atoms with van der Waals surface area (Å²) >= 11 is 2.71. The fourth-order valence-electron chi connectivity index (χ4n) is 3.48. The lowest BCUT2D eigenvalue weighted by molar-refractivity contribution is -0.115. The molecule has 0 aliphatic carbocycles. The van der Waals surface area contributed by atoms with Crippen LogP contribution in [0.15, 0.2) is 92.7 Å². The van der Waals surface area contributed by atoms with E-state index in [-0.39, 0.29) is 23.7 Å². The molecule has 1 amide bonds. The van der Waals surface area contributed by atoms with Gasteiger partial charge < -0.3 is 9.73 Å². The van der Waals surface area contributed by atoms with Gasteiger partial charge >= 0.3 is 0 Å². The Morgan fingerprint density at radius 2 is 1.88 bits per heavy atom. The van der Waals surface area contributed by atoms with Crippen molar-refractivity contribution >= 4 is 44.9 Å². The molecule has 3 aromatic heterocycles. The highest BCUT2D eigenvalue weighted by atomic mass is 32.2. The number of hydrogen-bond donors (Lipinski definition) is 1. The fourth-order valence-corrected chi connectivity index (χ4v) is 5.40. The number of aromatic nitrogens is 2. The Hall–Kier alpha value is -3.69. The summed E-state index contributed by atoms with van der Waals surface area (Å²) in [7, 11) is 0. The number of furan rings is 1. The molecule has 0 bridgehead atoms. The van der Waals surface area contributed by atoms with Crippen molar-refractivity contribution < 1.29 is 13.6 Å². The minimum absolute atomic E-state index is 0.192. The molecule has 0 aliphatic rings. The number of hydrogen-bond acceptors (Lipinski definition) is 6. The number of anilines is 1. The third-order valence-corrected chi connectivity index (χ3v) is 6.88. The maximum absolute atomic E-state index is 13.7. The van der Waals surface area contributed by atoms with Crippen molar-refractivity contribution in [1.82, 2.24) is 9.55 Å². The van der Waals surface area contributed by atoms with Gasteiger partial charge in [0, 0.05) is 28.8 Å². The van der Waals surface area contributed by atoms with E-state index in [1.54, 1.807) is 16.9 Å². The second-order valence-electron chi connectivity index (χ2n) is 7.33. The van der Waals surface area contributed by atoms with E-state index >= 15 is 0 Å². The summed E-state index contributed by atoms with van der Waals surface area (Å²) in [5.41, 5.74) is 1.74. The Morgan fingerprint density at radius 1 is 1.09 bits per heavy atom. The number of nitrogens with one attached hydrogen (secondary N) is 1. The lowest BCUT2D eigenvalue weighted by Gasteiger charge is -2.12. The molecule has 0 aliphatic heterocycles. The van der Waals surface area contributed by atoms with Crippen LogP contribution in [0.1, 0.15) is 6.42 Å². The van der Waals surface area contributed by atoms with Crippen LogP contribution in [0.5, 0.6) is 0 Å². The number of thioether (sulfide) groups is 1. The van der Waals surface area contributed by atoms with E-state index in [2.05, 4.69) is 5.32 Å². The maximum Gasteiger partial charge on any atom is 0.268 e. The molecule has 0 saturated heterocycles. The van der Waals surface area contributed by atoms with Crippen LogP contribution < -0.4 is 10.9 Å². The monoisotopic (exact) mass is 491 g/mol. The molecular weight excluding hydrogens is 473 g/mol. The van der Waals surface area contributed by atoms with Crippen LogP contribution in [0.4, 0.5) is 10.1 Å². The number of fused-ring (bicyclic) bond motifs is 1. The topological polar surface area (TPSA) is 77.1 Å². The van der Waals surface area contributed by atoms with Crippen molar-refractivity contribution in [3.05, 3.63) is 94.5 Å². The predicted molar refractivity (Wildman–Crippen MR) is 133 cm³/mol. The molecule has 0 unspecified atom stereocenters. The van der Waals surface area contributed by atoms with Crippen molar-refractivity contribution in [2.24, 2.45) is 0 Å². The van der Waals surface area contributed by atoms with Crippen LogP contribution in [-0.2, 0) is 4.79 Å². The van der Waals surface area contributed by atoms with Crippen molar-refractivity contribution in [3.8, 4) is 17.0 Å². The molecule has 9 heteroatoms. The van der Waals surface area contributed by atoms with Gasteiger partial charge in [-0.1, -0.05) is 30.0 Å². The van der Waals surface area contributed by atoms with E-state index in [1.807, 2.05) is 41.8 Å². The zero-order chi connectivity index (χ0) is 23.5. The summed E-state index contributed by atoms with van der Waals surface area (Å²) in [6.07, 6.45) is 1.77. The number of amides is 1. The van der Waals surface area contributed by atoms with Gasteiger partial charge in [-0.15, -0.1) is 11.3 Å². The van der Waals surface area contributed by atoms with E-state index in [1.165, 1.54) is 47.4 Å². The number of carbonyl (C=O) groups excluding carboxylic acids is 1. The van der Waals surface area contributed by atoms with Gasteiger partial charge in [0.1, 0.15) is 16.4 Å². The Morgan fingerprint density at radius 3 is 2.62 bits per heavy atom. The van der Waals surface area contributed by atoms with Crippen LogP contribution in [0, 0.1) is 5.82 Å². The Kier molecular flexibility index (Phi) is 6.29. The Bertz CT molecular complexity index is 1490. The molecule has 6 nitrogen and oxygen atoms in total. The van der Waals surface area contributed by atoms with Crippen LogP contribution in [0.3, 0.4) is 0 Å². The van der Waals surface area contributed by atoms with E-state index in [0.717, 1.165) is 0 Å². The van der Waals surface area contributed by atoms with Crippen molar-refractivity contribution in [1.29, 1.82) is 0 Å². The summed E-state index contributed by atoms with van der Waals surface area (Å²) in [6.45, 7) is 0. The molecule has 0 saturated carbocycles. The van der Waals surface area contributed by atoms with Gasteiger partial charge in [-0.05, 0) is 48.5 Å². The van der Waals surface area contributed by atoms with Crippen LogP contribution in [-0.4, -0.2) is 21.2 Å². The highest BCUT2D eigenvalue weighted by molar-refractivity contribution is 7.99. The number of benzene rings is 2. The zero-order valence-electron chi connectivity index (χ0n) is 17.7. The predicted octanol–water partition coefficient (Wildman–Crippen LogP) is 5.97. The van der Waals surface area contributed by atoms with Crippen LogP contribution in [0.2, 0.25) is 0 Å².